The Morgan fingerprint density at radius 2 is 2.21 bits per heavy atom. The van der Waals surface area contributed by atoms with Crippen molar-refractivity contribution in [2.75, 3.05) is 27.3 Å². The van der Waals surface area contributed by atoms with Crippen LogP contribution in [0.4, 0.5) is 0 Å². The molecule has 0 saturated carbocycles. The molecule has 1 atom stereocenters. The van der Waals surface area contributed by atoms with E-state index in [1.807, 2.05) is 0 Å². The summed E-state index contributed by atoms with van der Waals surface area (Å²) in [5.74, 6) is 0.817. The third kappa shape index (κ3) is 6.25. The van der Waals surface area contributed by atoms with E-state index in [0.717, 1.165) is 18.9 Å². The fourth-order valence-electron chi connectivity index (χ4n) is 1.91. The average Bonchev–Trinajstić information content (AvgIpc) is 2.38. The summed E-state index contributed by atoms with van der Waals surface area (Å²) in [6, 6.07) is 8.82. The van der Waals surface area contributed by atoms with Crippen molar-refractivity contribution in [3.8, 4) is 0 Å². The molecule has 0 heterocycles. The number of hydrogen-bond donors (Lipinski definition) is 2. The standard InChI is InChI=1S/C15H25N3O/c1-12-6-5-7-14(10-12)8-9-17-15(16-3)18-13(2)11-19-4/h5-7,10,13H,8-9,11H2,1-4H3,(H2,16,17,18). The smallest absolute Gasteiger partial charge is 0.191 e. The normalized spacial score (nSPS) is 13.2. The first-order valence-electron chi connectivity index (χ1n) is 6.67. The number of benzene rings is 1. The van der Waals surface area contributed by atoms with Crippen LogP contribution in [-0.2, 0) is 11.2 Å². The Labute approximate surface area is 116 Å². The molecule has 0 aromatic heterocycles. The van der Waals surface area contributed by atoms with E-state index in [1.54, 1.807) is 14.2 Å². The molecule has 4 heteroatoms. The lowest BCUT2D eigenvalue weighted by Gasteiger charge is -2.17. The Hall–Kier alpha value is -1.55. The topological polar surface area (TPSA) is 45.7 Å². The van der Waals surface area contributed by atoms with E-state index >= 15 is 0 Å². The largest absolute Gasteiger partial charge is 0.383 e. The lowest BCUT2D eigenvalue weighted by atomic mass is 10.1. The van der Waals surface area contributed by atoms with Gasteiger partial charge < -0.3 is 15.4 Å². The van der Waals surface area contributed by atoms with Crippen molar-refractivity contribution in [2.45, 2.75) is 26.3 Å². The molecule has 1 unspecified atom stereocenters. The van der Waals surface area contributed by atoms with Crippen LogP contribution < -0.4 is 10.6 Å². The van der Waals surface area contributed by atoms with Crippen LogP contribution in [0, 0.1) is 6.92 Å². The van der Waals surface area contributed by atoms with E-state index in [-0.39, 0.29) is 6.04 Å². The van der Waals surface area contributed by atoms with E-state index in [4.69, 9.17) is 4.74 Å². The lowest BCUT2D eigenvalue weighted by Crippen LogP contribution is -2.44. The van der Waals surface area contributed by atoms with Crippen molar-refractivity contribution < 1.29 is 4.74 Å². The van der Waals surface area contributed by atoms with Gasteiger partial charge in [0, 0.05) is 26.7 Å². The molecule has 4 nitrogen and oxygen atoms in total. The van der Waals surface area contributed by atoms with Crippen molar-refractivity contribution in [1.29, 1.82) is 0 Å². The van der Waals surface area contributed by atoms with Crippen molar-refractivity contribution in [3.05, 3.63) is 35.4 Å². The molecule has 106 valence electrons. The highest BCUT2D eigenvalue weighted by Gasteiger charge is 2.03. The number of methoxy groups -OCH3 is 1. The van der Waals surface area contributed by atoms with Gasteiger partial charge in [-0.05, 0) is 25.8 Å². The molecule has 1 aromatic rings. The van der Waals surface area contributed by atoms with Crippen molar-refractivity contribution in [2.24, 2.45) is 4.99 Å². The number of aryl methyl sites for hydroxylation is 1. The zero-order chi connectivity index (χ0) is 14.1. The summed E-state index contributed by atoms with van der Waals surface area (Å²) in [4.78, 5) is 4.20. The van der Waals surface area contributed by atoms with E-state index < -0.39 is 0 Å². The van der Waals surface area contributed by atoms with Gasteiger partial charge in [-0.15, -0.1) is 0 Å². The van der Waals surface area contributed by atoms with Crippen molar-refractivity contribution in [1.82, 2.24) is 10.6 Å². The molecule has 0 aliphatic heterocycles. The Morgan fingerprint density at radius 1 is 1.42 bits per heavy atom. The number of rotatable bonds is 6. The zero-order valence-electron chi connectivity index (χ0n) is 12.4. The number of guanidine groups is 1. The fraction of sp³-hybridized carbons (Fsp3) is 0.533. The van der Waals surface area contributed by atoms with Gasteiger partial charge in [0.1, 0.15) is 0 Å². The molecule has 19 heavy (non-hydrogen) atoms. The second kappa shape index (κ2) is 8.53. The highest BCUT2D eigenvalue weighted by atomic mass is 16.5. The SMILES string of the molecule is CN=C(NCCc1cccc(C)c1)NC(C)COC. The Kier molecular flexibility index (Phi) is 6.97. The van der Waals surface area contributed by atoms with Gasteiger partial charge in [0.15, 0.2) is 5.96 Å². The number of ether oxygens (including phenoxy) is 1. The molecule has 0 spiro atoms. The molecule has 0 radical (unpaired) electrons. The highest BCUT2D eigenvalue weighted by molar-refractivity contribution is 5.79. The predicted molar refractivity (Wildman–Crippen MR) is 80.7 cm³/mol. The van der Waals surface area contributed by atoms with Crippen LogP contribution in [0.5, 0.6) is 0 Å². The summed E-state index contributed by atoms with van der Waals surface area (Å²) < 4.78 is 5.09. The zero-order valence-corrected chi connectivity index (χ0v) is 12.4. The molecule has 0 bridgehead atoms. The molecule has 0 amide bonds. The quantitative estimate of drug-likeness (QED) is 0.607. The van der Waals surface area contributed by atoms with Crippen LogP contribution in [0.15, 0.2) is 29.3 Å². The maximum absolute atomic E-state index is 5.09. The number of aliphatic imine (C=N–C) groups is 1. The van der Waals surface area contributed by atoms with Crippen LogP contribution in [-0.4, -0.2) is 39.3 Å². The van der Waals surface area contributed by atoms with Gasteiger partial charge in [-0.25, -0.2) is 0 Å². The van der Waals surface area contributed by atoms with Gasteiger partial charge in [-0.1, -0.05) is 29.8 Å². The summed E-state index contributed by atoms with van der Waals surface area (Å²) >= 11 is 0. The molecule has 0 fully saturated rings. The summed E-state index contributed by atoms with van der Waals surface area (Å²) in [6.45, 7) is 5.71. The second-order valence-electron chi connectivity index (χ2n) is 4.74. The minimum Gasteiger partial charge on any atom is -0.383 e. The number of hydrogen-bond acceptors (Lipinski definition) is 2. The summed E-state index contributed by atoms with van der Waals surface area (Å²) in [6.07, 6.45) is 0.987. The summed E-state index contributed by atoms with van der Waals surface area (Å²) in [7, 11) is 3.48. The lowest BCUT2D eigenvalue weighted by molar-refractivity contribution is 0.179. The third-order valence-corrected chi connectivity index (χ3v) is 2.81. The maximum Gasteiger partial charge on any atom is 0.191 e. The molecule has 2 N–H and O–H groups in total. The molecule has 1 rings (SSSR count). The van der Waals surface area contributed by atoms with Crippen LogP contribution in [0.3, 0.4) is 0 Å². The van der Waals surface area contributed by atoms with Gasteiger partial charge in [0.2, 0.25) is 0 Å². The van der Waals surface area contributed by atoms with Gasteiger partial charge in [-0.2, -0.15) is 0 Å². The van der Waals surface area contributed by atoms with Crippen molar-refractivity contribution in [3.63, 3.8) is 0 Å². The van der Waals surface area contributed by atoms with Crippen molar-refractivity contribution >= 4 is 5.96 Å². The molecule has 0 saturated heterocycles. The van der Waals surface area contributed by atoms with Gasteiger partial charge in [-0.3, -0.25) is 4.99 Å². The van der Waals surface area contributed by atoms with Crippen LogP contribution in [0.25, 0.3) is 0 Å². The maximum atomic E-state index is 5.09. The molecule has 0 aliphatic carbocycles. The Bertz CT molecular complexity index is 404. The third-order valence-electron chi connectivity index (χ3n) is 2.81. The van der Waals surface area contributed by atoms with E-state index in [0.29, 0.717) is 6.61 Å². The number of nitrogens with zero attached hydrogens (tertiary/aromatic N) is 1. The summed E-state index contributed by atoms with van der Waals surface area (Å²) in [5.41, 5.74) is 2.64. The van der Waals surface area contributed by atoms with E-state index in [9.17, 15) is 0 Å². The molecule has 1 aromatic carbocycles. The molecular formula is C15H25N3O. The first-order valence-corrected chi connectivity index (χ1v) is 6.67. The van der Waals surface area contributed by atoms with Crippen LogP contribution in [0.2, 0.25) is 0 Å². The van der Waals surface area contributed by atoms with Gasteiger partial charge in [0.05, 0.1) is 6.61 Å². The average molecular weight is 263 g/mol. The number of nitrogens with one attached hydrogen (secondary N) is 2. The first-order chi connectivity index (χ1) is 9.15. The van der Waals surface area contributed by atoms with Crippen LogP contribution >= 0.6 is 0 Å². The highest BCUT2D eigenvalue weighted by Crippen LogP contribution is 2.03. The molecular weight excluding hydrogens is 238 g/mol. The fourth-order valence-corrected chi connectivity index (χ4v) is 1.91. The Balaban J connectivity index is 2.34. The minimum atomic E-state index is 0.246. The van der Waals surface area contributed by atoms with Gasteiger partial charge >= 0.3 is 0 Å². The Morgan fingerprint density at radius 3 is 2.84 bits per heavy atom. The summed E-state index contributed by atoms with van der Waals surface area (Å²) in [5, 5.41) is 6.59. The molecule has 0 aliphatic rings. The first kappa shape index (κ1) is 15.5. The monoisotopic (exact) mass is 263 g/mol. The minimum absolute atomic E-state index is 0.246. The van der Waals surface area contributed by atoms with Crippen LogP contribution in [0.1, 0.15) is 18.1 Å². The van der Waals surface area contributed by atoms with E-state index in [1.165, 1.54) is 11.1 Å². The predicted octanol–water partition coefficient (Wildman–Crippen LogP) is 1.74. The second-order valence-corrected chi connectivity index (χ2v) is 4.74. The van der Waals surface area contributed by atoms with Gasteiger partial charge in [0.25, 0.3) is 0 Å². The van der Waals surface area contributed by atoms with E-state index in [2.05, 4.69) is 53.7 Å².